The Morgan fingerprint density at radius 2 is 2.24 bits per heavy atom. The molecular formula is C10H15N3O3S. The molecule has 0 fully saturated rings. The van der Waals surface area contributed by atoms with Gasteiger partial charge in [-0.3, -0.25) is 4.79 Å². The van der Waals surface area contributed by atoms with Crippen molar-refractivity contribution in [2.24, 2.45) is 5.92 Å². The van der Waals surface area contributed by atoms with E-state index in [0.717, 1.165) is 0 Å². The number of carboxylic acids is 1. The van der Waals surface area contributed by atoms with Crippen molar-refractivity contribution in [3.8, 4) is 0 Å². The van der Waals surface area contributed by atoms with Crippen LogP contribution in [0.15, 0.2) is 5.38 Å². The molecule has 17 heavy (non-hydrogen) atoms. The van der Waals surface area contributed by atoms with Gasteiger partial charge in [-0.05, 0) is 5.92 Å². The van der Waals surface area contributed by atoms with Crippen molar-refractivity contribution in [2.45, 2.75) is 26.3 Å². The summed E-state index contributed by atoms with van der Waals surface area (Å²) in [5, 5.41) is 13.4. The van der Waals surface area contributed by atoms with Crippen LogP contribution >= 0.6 is 11.3 Å². The minimum Gasteiger partial charge on any atom is -0.480 e. The summed E-state index contributed by atoms with van der Waals surface area (Å²) < 4.78 is 0. The number of amides is 1. The maximum Gasteiger partial charge on any atom is 0.326 e. The Bertz CT molecular complexity index is 417. The molecule has 0 spiro atoms. The zero-order valence-corrected chi connectivity index (χ0v) is 10.5. The zero-order chi connectivity index (χ0) is 13.0. The largest absolute Gasteiger partial charge is 0.480 e. The molecule has 4 N–H and O–H groups in total. The second kappa shape index (κ2) is 5.62. The number of nitrogen functional groups attached to an aromatic ring is 1. The molecule has 0 aliphatic carbocycles. The number of anilines is 1. The average Bonchev–Trinajstić information content (AvgIpc) is 2.59. The van der Waals surface area contributed by atoms with E-state index in [-0.39, 0.29) is 18.2 Å². The first-order valence-corrected chi connectivity index (χ1v) is 6.00. The summed E-state index contributed by atoms with van der Waals surface area (Å²) >= 11 is 1.25. The quantitative estimate of drug-likeness (QED) is 0.712. The molecule has 1 unspecified atom stereocenters. The van der Waals surface area contributed by atoms with E-state index < -0.39 is 12.0 Å². The van der Waals surface area contributed by atoms with Crippen LogP contribution in [0.3, 0.4) is 0 Å². The highest BCUT2D eigenvalue weighted by atomic mass is 32.1. The molecule has 0 bridgehead atoms. The van der Waals surface area contributed by atoms with Crippen molar-refractivity contribution in [3.05, 3.63) is 11.1 Å². The van der Waals surface area contributed by atoms with Crippen molar-refractivity contribution in [1.82, 2.24) is 10.3 Å². The highest BCUT2D eigenvalue weighted by molar-refractivity contribution is 7.13. The van der Waals surface area contributed by atoms with Crippen molar-refractivity contribution >= 4 is 28.3 Å². The SMILES string of the molecule is CC(C)C(NC(=O)Cc1csc(N)n1)C(=O)O. The third kappa shape index (κ3) is 4.03. The maximum atomic E-state index is 11.6. The van der Waals surface area contributed by atoms with Crippen molar-refractivity contribution < 1.29 is 14.7 Å². The Balaban J connectivity index is 2.56. The van der Waals surface area contributed by atoms with Gasteiger partial charge in [-0.25, -0.2) is 9.78 Å². The summed E-state index contributed by atoms with van der Waals surface area (Å²) in [6, 6.07) is -0.876. The molecule has 0 aliphatic rings. The average molecular weight is 257 g/mol. The van der Waals surface area contributed by atoms with E-state index in [9.17, 15) is 9.59 Å². The summed E-state index contributed by atoms with van der Waals surface area (Å²) in [7, 11) is 0. The van der Waals surface area contributed by atoms with Crippen LogP contribution in [0.25, 0.3) is 0 Å². The number of carboxylic acid groups (broad SMARTS) is 1. The standard InChI is InChI=1S/C10H15N3O3S/c1-5(2)8(9(15)16)13-7(14)3-6-4-17-10(11)12-6/h4-5,8H,3H2,1-2H3,(H2,11,12)(H,13,14)(H,15,16). The number of aliphatic carboxylic acids is 1. The van der Waals surface area contributed by atoms with Crippen LogP contribution < -0.4 is 11.1 Å². The Hall–Kier alpha value is -1.63. The van der Waals surface area contributed by atoms with Gasteiger partial charge < -0.3 is 16.2 Å². The molecule has 0 radical (unpaired) electrons. The van der Waals surface area contributed by atoms with E-state index in [1.807, 2.05) is 0 Å². The van der Waals surface area contributed by atoms with Crippen LogP contribution in [0.2, 0.25) is 0 Å². The molecule has 1 heterocycles. The van der Waals surface area contributed by atoms with Crippen LogP contribution in [0.5, 0.6) is 0 Å². The van der Waals surface area contributed by atoms with Gasteiger partial charge in [-0.1, -0.05) is 13.8 Å². The molecule has 0 aliphatic heterocycles. The van der Waals surface area contributed by atoms with E-state index in [2.05, 4.69) is 10.3 Å². The Morgan fingerprint density at radius 1 is 1.59 bits per heavy atom. The molecule has 0 saturated carbocycles. The van der Waals surface area contributed by atoms with Gasteiger partial charge in [-0.15, -0.1) is 11.3 Å². The van der Waals surface area contributed by atoms with Crippen molar-refractivity contribution in [2.75, 3.05) is 5.73 Å². The normalized spacial score (nSPS) is 12.4. The first-order valence-electron chi connectivity index (χ1n) is 5.12. The van der Waals surface area contributed by atoms with Gasteiger partial charge in [0.25, 0.3) is 0 Å². The number of hydrogen-bond donors (Lipinski definition) is 3. The molecule has 1 rings (SSSR count). The summed E-state index contributed by atoms with van der Waals surface area (Å²) in [6.07, 6.45) is 0.0458. The number of nitrogens with one attached hydrogen (secondary N) is 1. The molecule has 0 aromatic carbocycles. The van der Waals surface area contributed by atoms with Gasteiger partial charge in [-0.2, -0.15) is 0 Å². The summed E-state index contributed by atoms with van der Waals surface area (Å²) in [5.74, 6) is -1.57. The Labute approximate surface area is 103 Å². The highest BCUT2D eigenvalue weighted by Gasteiger charge is 2.23. The minimum atomic E-state index is -1.04. The lowest BCUT2D eigenvalue weighted by Gasteiger charge is -2.17. The zero-order valence-electron chi connectivity index (χ0n) is 9.64. The number of thiazole rings is 1. The molecule has 1 aromatic rings. The van der Waals surface area contributed by atoms with Crippen LogP contribution in [0.1, 0.15) is 19.5 Å². The lowest BCUT2D eigenvalue weighted by molar-refractivity contribution is -0.143. The number of carbonyl (C=O) groups excluding carboxylic acids is 1. The van der Waals surface area contributed by atoms with Gasteiger partial charge in [0.1, 0.15) is 6.04 Å². The van der Waals surface area contributed by atoms with Gasteiger partial charge >= 0.3 is 5.97 Å². The topological polar surface area (TPSA) is 105 Å². The van der Waals surface area contributed by atoms with E-state index in [4.69, 9.17) is 10.8 Å². The molecule has 6 nitrogen and oxygen atoms in total. The molecule has 0 saturated heterocycles. The van der Waals surface area contributed by atoms with Gasteiger partial charge in [0.05, 0.1) is 12.1 Å². The number of nitrogens with zero attached hydrogens (tertiary/aromatic N) is 1. The number of aromatic nitrogens is 1. The van der Waals surface area contributed by atoms with E-state index in [0.29, 0.717) is 10.8 Å². The number of rotatable bonds is 5. The number of carbonyl (C=O) groups is 2. The summed E-state index contributed by atoms with van der Waals surface area (Å²) in [4.78, 5) is 26.4. The molecule has 1 amide bonds. The van der Waals surface area contributed by atoms with Crippen LogP contribution in [-0.4, -0.2) is 28.0 Å². The first kappa shape index (κ1) is 13.4. The van der Waals surface area contributed by atoms with Crippen LogP contribution in [-0.2, 0) is 16.0 Å². The lowest BCUT2D eigenvalue weighted by Crippen LogP contribution is -2.44. The molecule has 7 heteroatoms. The highest BCUT2D eigenvalue weighted by Crippen LogP contribution is 2.11. The van der Waals surface area contributed by atoms with E-state index in [1.54, 1.807) is 19.2 Å². The number of nitrogens with two attached hydrogens (primary N) is 1. The van der Waals surface area contributed by atoms with Gasteiger partial charge in [0.15, 0.2) is 5.13 Å². The lowest BCUT2D eigenvalue weighted by atomic mass is 10.0. The van der Waals surface area contributed by atoms with Gasteiger partial charge in [0.2, 0.25) is 5.91 Å². The third-order valence-electron chi connectivity index (χ3n) is 2.16. The fraction of sp³-hybridized carbons (Fsp3) is 0.500. The smallest absolute Gasteiger partial charge is 0.326 e. The van der Waals surface area contributed by atoms with Gasteiger partial charge in [0, 0.05) is 5.38 Å². The fourth-order valence-electron chi connectivity index (χ4n) is 1.31. The van der Waals surface area contributed by atoms with E-state index in [1.165, 1.54) is 11.3 Å². The molecule has 1 aromatic heterocycles. The second-order valence-electron chi connectivity index (χ2n) is 3.98. The molecule has 1 atom stereocenters. The van der Waals surface area contributed by atoms with Crippen LogP contribution in [0.4, 0.5) is 5.13 Å². The predicted molar refractivity (Wildman–Crippen MR) is 64.6 cm³/mol. The summed E-state index contributed by atoms with van der Waals surface area (Å²) in [6.45, 7) is 3.47. The number of hydrogen-bond acceptors (Lipinski definition) is 5. The van der Waals surface area contributed by atoms with Crippen molar-refractivity contribution in [3.63, 3.8) is 0 Å². The summed E-state index contributed by atoms with van der Waals surface area (Å²) in [5.41, 5.74) is 5.99. The maximum absolute atomic E-state index is 11.6. The third-order valence-corrected chi connectivity index (χ3v) is 2.88. The Morgan fingerprint density at radius 3 is 2.65 bits per heavy atom. The van der Waals surface area contributed by atoms with E-state index >= 15 is 0 Å². The van der Waals surface area contributed by atoms with Crippen LogP contribution in [0, 0.1) is 5.92 Å². The second-order valence-corrected chi connectivity index (χ2v) is 4.87. The predicted octanol–water partition coefficient (Wildman–Crippen LogP) is 0.493. The molecule has 94 valence electrons. The fourth-order valence-corrected chi connectivity index (χ4v) is 1.87. The Kier molecular flexibility index (Phi) is 4.45. The first-order chi connectivity index (χ1) is 7.90. The van der Waals surface area contributed by atoms with Crippen molar-refractivity contribution in [1.29, 1.82) is 0 Å². The monoisotopic (exact) mass is 257 g/mol. The molecular weight excluding hydrogens is 242 g/mol. The minimum absolute atomic E-state index is 0.0458.